The van der Waals surface area contributed by atoms with Crippen molar-refractivity contribution >= 4 is 11.9 Å². The van der Waals surface area contributed by atoms with E-state index in [9.17, 15) is 9.59 Å². The minimum Gasteiger partial charge on any atom is -0.457 e. The van der Waals surface area contributed by atoms with Crippen LogP contribution in [0.25, 0.3) is 0 Å². The summed E-state index contributed by atoms with van der Waals surface area (Å²) in [4.78, 5) is 24.8. The first-order chi connectivity index (χ1) is 13.0. The van der Waals surface area contributed by atoms with Crippen LogP contribution in [0, 0.1) is 11.8 Å². The molecule has 0 amide bonds. The Morgan fingerprint density at radius 1 is 0.815 bits per heavy atom. The molecule has 0 aliphatic carbocycles. The zero-order valence-electron chi connectivity index (χ0n) is 17.3. The molecule has 0 aromatic rings. The zero-order valence-corrected chi connectivity index (χ0v) is 17.3. The summed E-state index contributed by atoms with van der Waals surface area (Å²) in [6.45, 7) is 8.78. The standard InChI is InChI=1S/C21H36O6/c1-5-9-11-15(8-4)21(23)27-17-13-25-18-16(12-24-19(17)18)26-20(22)14(7-3)10-6-2/h14-19H,5-13H2,1-4H3/t14-,15-,16+,17-,18-,19-/m1/s1. The van der Waals surface area contributed by atoms with E-state index in [1.54, 1.807) is 0 Å². The van der Waals surface area contributed by atoms with Gasteiger partial charge in [-0.05, 0) is 25.7 Å². The van der Waals surface area contributed by atoms with Gasteiger partial charge in [-0.2, -0.15) is 0 Å². The van der Waals surface area contributed by atoms with Gasteiger partial charge in [-0.1, -0.05) is 47.0 Å². The molecular weight excluding hydrogens is 348 g/mol. The second-order valence-electron chi connectivity index (χ2n) is 7.69. The molecule has 2 heterocycles. The lowest BCUT2D eigenvalue weighted by Gasteiger charge is -2.21. The Kier molecular flexibility index (Phi) is 9.03. The largest absolute Gasteiger partial charge is 0.457 e. The smallest absolute Gasteiger partial charge is 0.309 e. The highest BCUT2D eigenvalue weighted by atomic mass is 16.7. The fraction of sp³-hybridized carbons (Fsp3) is 0.905. The molecule has 0 spiro atoms. The number of fused-ring (bicyclic) bond motifs is 1. The van der Waals surface area contributed by atoms with Crippen LogP contribution in [0.1, 0.15) is 72.6 Å². The molecule has 2 rings (SSSR count). The maximum atomic E-state index is 12.5. The molecule has 2 saturated heterocycles. The van der Waals surface area contributed by atoms with Gasteiger partial charge in [0.25, 0.3) is 0 Å². The van der Waals surface area contributed by atoms with Crippen molar-refractivity contribution in [2.45, 2.75) is 97.1 Å². The first-order valence-corrected chi connectivity index (χ1v) is 10.7. The third-order valence-electron chi connectivity index (χ3n) is 5.69. The van der Waals surface area contributed by atoms with Gasteiger partial charge in [0, 0.05) is 0 Å². The van der Waals surface area contributed by atoms with E-state index < -0.39 is 12.2 Å². The maximum absolute atomic E-state index is 12.5. The van der Waals surface area contributed by atoms with E-state index >= 15 is 0 Å². The Balaban J connectivity index is 1.87. The Morgan fingerprint density at radius 2 is 1.30 bits per heavy atom. The summed E-state index contributed by atoms with van der Waals surface area (Å²) >= 11 is 0. The topological polar surface area (TPSA) is 71.1 Å². The lowest BCUT2D eigenvalue weighted by atomic mass is 9.99. The van der Waals surface area contributed by atoms with Crippen LogP contribution in [0.15, 0.2) is 0 Å². The number of carbonyl (C=O) groups excluding carboxylic acids is 2. The number of carbonyl (C=O) groups is 2. The number of hydrogen-bond acceptors (Lipinski definition) is 6. The molecule has 0 N–H and O–H groups in total. The minimum atomic E-state index is -0.417. The van der Waals surface area contributed by atoms with E-state index in [1.807, 2.05) is 13.8 Å². The third kappa shape index (κ3) is 5.67. The fourth-order valence-corrected chi connectivity index (χ4v) is 3.90. The van der Waals surface area contributed by atoms with E-state index in [0.717, 1.165) is 44.9 Å². The fourth-order valence-electron chi connectivity index (χ4n) is 3.90. The molecule has 2 aliphatic heterocycles. The second-order valence-corrected chi connectivity index (χ2v) is 7.69. The number of esters is 2. The van der Waals surface area contributed by atoms with E-state index in [4.69, 9.17) is 18.9 Å². The summed E-state index contributed by atoms with van der Waals surface area (Å²) < 4.78 is 23.0. The molecule has 6 heteroatoms. The second kappa shape index (κ2) is 11.0. The summed E-state index contributed by atoms with van der Waals surface area (Å²) in [6, 6.07) is 0. The van der Waals surface area contributed by atoms with Crippen molar-refractivity contribution in [3.05, 3.63) is 0 Å². The lowest BCUT2D eigenvalue weighted by Crippen LogP contribution is -2.37. The van der Waals surface area contributed by atoms with Gasteiger partial charge < -0.3 is 18.9 Å². The normalized spacial score (nSPS) is 29.2. The Morgan fingerprint density at radius 3 is 1.70 bits per heavy atom. The van der Waals surface area contributed by atoms with Crippen LogP contribution < -0.4 is 0 Å². The number of unbranched alkanes of at least 4 members (excludes halogenated alkanes) is 1. The zero-order chi connectivity index (χ0) is 19.8. The van der Waals surface area contributed by atoms with Crippen LogP contribution in [0.5, 0.6) is 0 Å². The summed E-state index contributed by atoms with van der Waals surface area (Å²) in [5.41, 5.74) is 0. The van der Waals surface area contributed by atoms with Gasteiger partial charge in [0.1, 0.15) is 12.2 Å². The SMILES string of the molecule is CCCC[C@@H](CC)C(=O)O[C@@H]1CO[C@H]2[C@@H]1OC[C@@H]2OC(=O)[C@H](CC)CCC. The van der Waals surface area contributed by atoms with Gasteiger partial charge in [0.05, 0.1) is 25.0 Å². The highest BCUT2D eigenvalue weighted by molar-refractivity contribution is 5.73. The molecule has 6 atom stereocenters. The average Bonchev–Trinajstić information content (AvgIpc) is 3.24. The maximum Gasteiger partial charge on any atom is 0.309 e. The van der Waals surface area contributed by atoms with E-state index in [1.165, 1.54) is 0 Å². The molecule has 2 fully saturated rings. The molecule has 0 bridgehead atoms. The van der Waals surface area contributed by atoms with Crippen molar-refractivity contribution in [3.8, 4) is 0 Å². The summed E-state index contributed by atoms with van der Waals surface area (Å²) in [6.07, 6.45) is 4.73. The van der Waals surface area contributed by atoms with Gasteiger partial charge in [-0.25, -0.2) is 0 Å². The van der Waals surface area contributed by atoms with Crippen LogP contribution in [-0.4, -0.2) is 49.6 Å². The lowest BCUT2D eigenvalue weighted by molar-refractivity contribution is -0.160. The average molecular weight is 385 g/mol. The number of rotatable bonds is 11. The van der Waals surface area contributed by atoms with E-state index in [2.05, 4.69) is 13.8 Å². The Bertz CT molecular complexity index is 479. The van der Waals surface area contributed by atoms with Crippen molar-refractivity contribution in [1.82, 2.24) is 0 Å². The molecule has 27 heavy (non-hydrogen) atoms. The van der Waals surface area contributed by atoms with Gasteiger partial charge in [-0.15, -0.1) is 0 Å². The molecule has 0 aromatic heterocycles. The third-order valence-corrected chi connectivity index (χ3v) is 5.69. The van der Waals surface area contributed by atoms with Gasteiger partial charge in [0.2, 0.25) is 0 Å². The van der Waals surface area contributed by atoms with Crippen LogP contribution in [0.4, 0.5) is 0 Å². The van der Waals surface area contributed by atoms with Crippen molar-refractivity contribution in [3.63, 3.8) is 0 Å². The van der Waals surface area contributed by atoms with Crippen LogP contribution in [0.2, 0.25) is 0 Å². The monoisotopic (exact) mass is 384 g/mol. The first kappa shape index (κ1) is 22.2. The predicted octanol–water partition coefficient (Wildman–Crippen LogP) is 3.65. The molecule has 0 unspecified atom stereocenters. The molecule has 0 radical (unpaired) electrons. The summed E-state index contributed by atoms with van der Waals surface area (Å²) in [5.74, 6) is -0.493. The van der Waals surface area contributed by atoms with Gasteiger partial charge in [0.15, 0.2) is 12.2 Å². The van der Waals surface area contributed by atoms with Crippen LogP contribution >= 0.6 is 0 Å². The highest BCUT2D eigenvalue weighted by Crippen LogP contribution is 2.32. The van der Waals surface area contributed by atoms with E-state index in [-0.39, 0.29) is 36.0 Å². The Labute approximate surface area is 163 Å². The quantitative estimate of drug-likeness (QED) is 0.506. The molecule has 156 valence electrons. The summed E-state index contributed by atoms with van der Waals surface area (Å²) in [5, 5.41) is 0. The molecule has 2 aliphatic rings. The number of ether oxygens (including phenoxy) is 4. The van der Waals surface area contributed by atoms with Crippen LogP contribution in [0.3, 0.4) is 0 Å². The van der Waals surface area contributed by atoms with Gasteiger partial charge >= 0.3 is 11.9 Å². The van der Waals surface area contributed by atoms with Crippen LogP contribution in [-0.2, 0) is 28.5 Å². The Hall–Kier alpha value is -1.14. The highest BCUT2D eigenvalue weighted by Gasteiger charge is 2.51. The van der Waals surface area contributed by atoms with Crippen molar-refractivity contribution in [2.24, 2.45) is 11.8 Å². The molecule has 0 saturated carbocycles. The molecule has 0 aromatic carbocycles. The molecule has 6 nitrogen and oxygen atoms in total. The minimum absolute atomic E-state index is 0.0709. The number of hydrogen-bond donors (Lipinski definition) is 0. The van der Waals surface area contributed by atoms with Crippen molar-refractivity contribution in [1.29, 1.82) is 0 Å². The molecular formula is C21H36O6. The summed E-state index contributed by atoms with van der Waals surface area (Å²) in [7, 11) is 0. The predicted molar refractivity (Wildman–Crippen MR) is 101 cm³/mol. The van der Waals surface area contributed by atoms with Gasteiger partial charge in [-0.3, -0.25) is 9.59 Å². The first-order valence-electron chi connectivity index (χ1n) is 10.7. The van der Waals surface area contributed by atoms with Crippen molar-refractivity contribution < 1.29 is 28.5 Å². The van der Waals surface area contributed by atoms with Crippen molar-refractivity contribution in [2.75, 3.05) is 13.2 Å². The van der Waals surface area contributed by atoms with E-state index in [0.29, 0.717) is 13.2 Å².